The summed E-state index contributed by atoms with van der Waals surface area (Å²) >= 11 is 0. The summed E-state index contributed by atoms with van der Waals surface area (Å²) in [5.74, 6) is 0.311. The SMILES string of the molecule is O=S(=O)(O)CCCOc1ccc(OCCCS(=O)(=O)O)cc1.[Na]. The molecule has 1 radical (unpaired) electrons. The predicted octanol–water partition coefficient (Wildman–Crippen LogP) is 0.619. The van der Waals surface area contributed by atoms with Crippen molar-refractivity contribution in [2.24, 2.45) is 0 Å². The molecule has 0 spiro atoms. The minimum Gasteiger partial charge on any atom is -0.494 e. The molecule has 1 rings (SSSR count). The molecule has 8 nitrogen and oxygen atoms in total. The van der Waals surface area contributed by atoms with Crippen molar-refractivity contribution in [3.63, 3.8) is 0 Å². The van der Waals surface area contributed by atoms with E-state index in [4.69, 9.17) is 18.6 Å². The van der Waals surface area contributed by atoms with Gasteiger partial charge in [-0.3, -0.25) is 9.11 Å². The zero-order chi connectivity index (χ0) is 16.6. The zero-order valence-corrected chi connectivity index (χ0v) is 16.3. The van der Waals surface area contributed by atoms with Gasteiger partial charge in [-0.15, -0.1) is 0 Å². The van der Waals surface area contributed by atoms with Crippen LogP contribution < -0.4 is 9.47 Å². The summed E-state index contributed by atoms with van der Waals surface area (Å²) in [6.45, 7) is 0.294. The molecule has 2 N–H and O–H groups in total. The Morgan fingerprint density at radius 3 is 1.30 bits per heavy atom. The van der Waals surface area contributed by atoms with E-state index in [-0.39, 0.29) is 67.1 Å². The monoisotopic (exact) mass is 377 g/mol. The van der Waals surface area contributed by atoms with Gasteiger partial charge in [0.2, 0.25) is 0 Å². The maximum atomic E-state index is 10.5. The molecule has 0 aliphatic carbocycles. The number of ether oxygens (including phenoxy) is 2. The predicted molar refractivity (Wildman–Crippen MR) is 85.3 cm³/mol. The summed E-state index contributed by atoms with van der Waals surface area (Å²) in [6.07, 6.45) is 0.347. The van der Waals surface area contributed by atoms with Crippen LogP contribution >= 0.6 is 0 Å². The van der Waals surface area contributed by atoms with Crippen molar-refractivity contribution < 1.29 is 35.4 Å². The van der Waals surface area contributed by atoms with E-state index in [1.807, 2.05) is 0 Å². The first kappa shape index (κ1) is 22.6. The number of hydrogen-bond donors (Lipinski definition) is 2. The van der Waals surface area contributed by atoms with Gasteiger partial charge in [-0.2, -0.15) is 16.8 Å². The van der Waals surface area contributed by atoms with Gasteiger partial charge in [0.05, 0.1) is 24.7 Å². The summed E-state index contributed by atoms with van der Waals surface area (Å²) in [5.41, 5.74) is 0. The minimum atomic E-state index is -3.97. The molecular weight excluding hydrogens is 359 g/mol. The van der Waals surface area contributed by atoms with Crippen LogP contribution in [0, 0.1) is 0 Å². The van der Waals surface area contributed by atoms with Crippen molar-refractivity contribution in [1.29, 1.82) is 0 Å². The van der Waals surface area contributed by atoms with Crippen molar-refractivity contribution in [1.82, 2.24) is 0 Å². The van der Waals surface area contributed by atoms with E-state index in [9.17, 15) is 16.8 Å². The van der Waals surface area contributed by atoms with Crippen LogP contribution in [-0.2, 0) is 20.2 Å². The average Bonchev–Trinajstić information content (AvgIpc) is 2.39. The van der Waals surface area contributed by atoms with Crippen LogP contribution in [0.25, 0.3) is 0 Å². The second-order valence-corrected chi connectivity index (χ2v) is 7.59. The smallest absolute Gasteiger partial charge is 0.264 e. The number of rotatable bonds is 10. The number of hydrogen-bond acceptors (Lipinski definition) is 6. The molecule has 0 atom stereocenters. The third-order valence-electron chi connectivity index (χ3n) is 2.45. The molecule has 0 fully saturated rings. The maximum absolute atomic E-state index is 10.5. The van der Waals surface area contributed by atoms with Gasteiger partial charge in [-0.1, -0.05) is 0 Å². The Morgan fingerprint density at radius 1 is 0.739 bits per heavy atom. The average molecular weight is 377 g/mol. The molecule has 11 heteroatoms. The Hall–Kier alpha value is -0.360. The van der Waals surface area contributed by atoms with Gasteiger partial charge in [0.15, 0.2) is 0 Å². The molecule has 23 heavy (non-hydrogen) atoms. The topological polar surface area (TPSA) is 127 Å². The fourth-order valence-corrected chi connectivity index (χ4v) is 2.46. The van der Waals surface area contributed by atoms with Crippen molar-refractivity contribution in [3.8, 4) is 11.5 Å². The summed E-state index contributed by atoms with van der Waals surface area (Å²) in [4.78, 5) is 0. The molecular formula is C12H18NaO8S2. The Labute approximate surface area is 158 Å². The second-order valence-electron chi connectivity index (χ2n) is 4.45. The first-order valence-corrected chi connectivity index (χ1v) is 9.63. The zero-order valence-electron chi connectivity index (χ0n) is 12.7. The molecule has 0 saturated heterocycles. The van der Waals surface area contributed by atoms with Crippen molar-refractivity contribution >= 4 is 49.8 Å². The maximum Gasteiger partial charge on any atom is 0.264 e. The summed E-state index contributed by atoms with van der Waals surface area (Å²) in [5, 5.41) is 0. The van der Waals surface area contributed by atoms with Gasteiger partial charge in [-0.05, 0) is 37.1 Å². The van der Waals surface area contributed by atoms with Gasteiger partial charge in [0.25, 0.3) is 20.2 Å². The summed E-state index contributed by atoms with van der Waals surface area (Å²) in [6, 6.07) is 6.47. The fraction of sp³-hybridized carbons (Fsp3) is 0.500. The van der Waals surface area contributed by atoms with Gasteiger partial charge in [-0.25, -0.2) is 0 Å². The quantitative estimate of drug-likeness (QED) is 0.345. The first-order valence-electron chi connectivity index (χ1n) is 6.42. The third-order valence-corrected chi connectivity index (χ3v) is 4.06. The molecule has 0 amide bonds. The standard InChI is InChI=1S/C12H18O8S2.Na/c13-21(14,15)9-1-7-19-11-3-5-12(6-4-11)20-8-2-10-22(16,17)18;/h3-6H,1-2,7-10H2,(H,13,14,15)(H,16,17,18);. The third kappa shape index (κ3) is 12.7. The van der Waals surface area contributed by atoms with Crippen molar-refractivity contribution in [2.45, 2.75) is 12.8 Å². The molecule has 0 unspecified atom stereocenters. The summed E-state index contributed by atoms with van der Waals surface area (Å²) < 4.78 is 69.7. The van der Waals surface area contributed by atoms with E-state index in [0.717, 1.165) is 0 Å². The molecule has 1 aromatic carbocycles. The number of benzene rings is 1. The molecule has 0 saturated carbocycles. The molecule has 0 aliphatic heterocycles. The second kappa shape index (κ2) is 10.5. The van der Waals surface area contributed by atoms with E-state index in [2.05, 4.69) is 0 Å². The van der Waals surface area contributed by atoms with Crippen LogP contribution in [0.3, 0.4) is 0 Å². The van der Waals surface area contributed by atoms with Gasteiger partial charge in [0, 0.05) is 29.6 Å². The van der Waals surface area contributed by atoms with E-state index in [1.165, 1.54) is 0 Å². The Balaban J connectivity index is 0.00000484. The molecule has 1 aromatic rings. The largest absolute Gasteiger partial charge is 0.494 e. The van der Waals surface area contributed by atoms with Gasteiger partial charge in [0.1, 0.15) is 11.5 Å². The van der Waals surface area contributed by atoms with Crippen molar-refractivity contribution in [3.05, 3.63) is 24.3 Å². The van der Waals surface area contributed by atoms with E-state index in [1.54, 1.807) is 24.3 Å². The van der Waals surface area contributed by atoms with Crippen LogP contribution in [0.1, 0.15) is 12.8 Å². The molecule has 0 aliphatic rings. The van der Waals surface area contributed by atoms with Gasteiger partial charge < -0.3 is 9.47 Å². The van der Waals surface area contributed by atoms with E-state index < -0.39 is 20.2 Å². The van der Waals surface area contributed by atoms with Crippen LogP contribution in [0.5, 0.6) is 11.5 Å². The Bertz CT molecular complexity index is 596. The molecule has 127 valence electrons. The van der Waals surface area contributed by atoms with Crippen LogP contribution in [0.4, 0.5) is 0 Å². The molecule has 0 heterocycles. The van der Waals surface area contributed by atoms with Gasteiger partial charge >= 0.3 is 0 Å². The first-order chi connectivity index (χ1) is 10.2. The van der Waals surface area contributed by atoms with Crippen molar-refractivity contribution in [2.75, 3.05) is 24.7 Å². The Morgan fingerprint density at radius 2 is 1.04 bits per heavy atom. The van der Waals surface area contributed by atoms with Crippen LogP contribution in [0.2, 0.25) is 0 Å². The normalized spacial score (nSPS) is 11.6. The molecule has 0 aromatic heterocycles. The van der Waals surface area contributed by atoms with E-state index in [0.29, 0.717) is 11.5 Å². The van der Waals surface area contributed by atoms with Crippen LogP contribution in [-0.4, -0.2) is 80.2 Å². The Kier molecular flexibility index (Phi) is 10.3. The van der Waals surface area contributed by atoms with E-state index >= 15 is 0 Å². The summed E-state index contributed by atoms with van der Waals surface area (Å²) in [7, 11) is -7.94. The minimum absolute atomic E-state index is 0. The molecule has 0 bridgehead atoms. The fourth-order valence-electron chi connectivity index (χ4n) is 1.49. The van der Waals surface area contributed by atoms with Crippen LogP contribution in [0.15, 0.2) is 24.3 Å².